The second-order valence-electron chi connectivity index (χ2n) is 4.85. The lowest BCUT2D eigenvalue weighted by molar-refractivity contribution is -0.118. The molecule has 1 amide bonds. The van der Waals surface area contributed by atoms with E-state index in [4.69, 9.17) is 17.3 Å². The quantitative estimate of drug-likeness (QED) is 0.909. The zero-order chi connectivity index (χ0) is 14.7. The van der Waals surface area contributed by atoms with Gasteiger partial charge in [-0.3, -0.25) is 4.79 Å². The Bertz CT molecular complexity index is 595. The van der Waals surface area contributed by atoms with Crippen LogP contribution in [0, 0.1) is 5.92 Å². The summed E-state index contributed by atoms with van der Waals surface area (Å²) in [5.41, 5.74) is 7.06. The molecular formula is C14H17ClN4O. The Labute approximate surface area is 122 Å². The van der Waals surface area contributed by atoms with Crippen LogP contribution < -0.4 is 11.1 Å². The number of hydrogen-bond acceptors (Lipinski definition) is 3. The Morgan fingerprint density at radius 1 is 1.40 bits per heavy atom. The van der Waals surface area contributed by atoms with Crippen molar-refractivity contribution in [2.45, 2.75) is 19.9 Å². The fraction of sp³-hybridized carbons (Fsp3) is 0.286. The molecule has 0 aliphatic rings. The summed E-state index contributed by atoms with van der Waals surface area (Å²) in [5.74, 6) is -0.182. The van der Waals surface area contributed by atoms with E-state index in [0.29, 0.717) is 16.4 Å². The number of hydrogen-bond donors (Lipinski definition) is 2. The average Bonchev–Trinajstić information content (AvgIpc) is 2.91. The first-order valence-electron chi connectivity index (χ1n) is 6.35. The minimum absolute atomic E-state index is 0.0577. The first kappa shape index (κ1) is 14.6. The predicted octanol–water partition coefficient (Wildman–Crippen LogP) is 2.45. The number of halogens is 1. The van der Waals surface area contributed by atoms with E-state index in [1.54, 1.807) is 41.3 Å². The van der Waals surface area contributed by atoms with Gasteiger partial charge in [-0.1, -0.05) is 31.5 Å². The van der Waals surface area contributed by atoms with Crippen LogP contribution in [0.25, 0.3) is 5.69 Å². The lowest BCUT2D eigenvalue weighted by Gasteiger charge is -2.17. The van der Waals surface area contributed by atoms with Crippen molar-refractivity contribution in [1.82, 2.24) is 9.78 Å². The average molecular weight is 293 g/mol. The highest BCUT2D eigenvalue weighted by Crippen LogP contribution is 2.28. The zero-order valence-corrected chi connectivity index (χ0v) is 12.1. The smallest absolute Gasteiger partial charge is 0.241 e. The molecule has 3 N–H and O–H groups in total. The molecule has 5 nitrogen and oxygen atoms in total. The van der Waals surface area contributed by atoms with Crippen molar-refractivity contribution in [2.24, 2.45) is 11.7 Å². The molecule has 0 aliphatic heterocycles. The van der Waals surface area contributed by atoms with Crippen LogP contribution in [0.5, 0.6) is 0 Å². The van der Waals surface area contributed by atoms with Gasteiger partial charge in [-0.05, 0) is 24.1 Å². The van der Waals surface area contributed by atoms with Crippen LogP contribution >= 0.6 is 11.6 Å². The van der Waals surface area contributed by atoms with Gasteiger partial charge in [-0.2, -0.15) is 5.10 Å². The van der Waals surface area contributed by atoms with Gasteiger partial charge in [0.05, 0.1) is 16.8 Å². The summed E-state index contributed by atoms with van der Waals surface area (Å²) in [6.45, 7) is 3.80. The van der Waals surface area contributed by atoms with Gasteiger partial charge in [-0.15, -0.1) is 0 Å². The van der Waals surface area contributed by atoms with Crippen LogP contribution in [0.4, 0.5) is 5.69 Å². The Morgan fingerprint density at radius 2 is 2.15 bits per heavy atom. The van der Waals surface area contributed by atoms with E-state index in [-0.39, 0.29) is 11.8 Å². The predicted molar refractivity (Wildman–Crippen MR) is 80.0 cm³/mol. The number of nitrogens with zero attached hydrogens (tertiary/aromatic N) is 2. The number of amides is 1. The number of carbonyl (C=O) groups is 1. The maximum atomic E-state index is 12.1. The number of para-hydroxylation sites is 1. The highest BCUT2D eigenvalue weighted by molar-refractivity contribution is 6.33. The number of rotatable bonds is 4. The molecule has 0 unspecified atom stereocenters. The first-order valence-corrected chi connectivity index (χ1v) is 6.73. The molecule has 1 heterocycles. The highest BCUT2D eigenvalue weighted by atomic mass is 35.5. The Balaban J connectivity index is 2.34. The van der Waals surface area contributed by atoms with Crippen LogP contribution in [0.1, 0.15) is 13.8 Å². The van der Waals surface area contributed by atoms with Crippen molar-refractivity contribution < 1.29 is 4.79 Å². The Kier molecular flexibility index (Phi) is 4.42. The van der Waals surface area contributed by atoms with Gasteiger partial charge in [0, 0.05) is 12.4 Å². The molecule has 20 heavy (non-hydrogen) atoms. The Morgan fingerprint density at radius 3 is 2.75 bits per heavy atom. The van der Waals surface area contributed by atoms with E-state index in [2.05, 4.69) is 10.4 Å². The number of nitrogens with one attached hydrogen (secondary N) is 1. The number of benzene rings is 1. The van der Waals surface area contributed by atoms with Crippen molar-refractivity contribution in [2.75, 3.05) is 5.32 Å². The minimum Gasteiger partial charge on any atom is -0.323 e. The van der Waals surface area contributed by atoms with Gasteiger partial charge in [0.1, 0.15) is 5.69 Å². The number of aromatic nitrogens is 2. The van der Waals surface area contributed by atoms with Crippen molar-refractivity contribution in [3.05, 3.63) is 41.7 Å². The molecule has 1 atom stereocenters. The van der Waals surface area contributed by atoms with Gasteiger partial charge in [0.2, 0.25) is 5.91 Å². The lowest BCUT2D eigenvalue weighted by Crippen LogP contribution is -2.39. The third-order valence-corrected chi connectivity index (χ3v) is 3.30. The topological polar surface area (TPSA) is 72.9 Å². The highest BCUT2D eigenvalue weighted by Gasteiger charge is 2.19. The molecule has 2 aromatic rings. The molecular weight excluding hydrogens is 276 g/mol. The van der Waals surface area contributed by atoms with E-state index in [1.807, 2.05) is 13.8 Å². The molecule has 0 bridgehead atoms. The van der Waals surface area contributed by atoms with Crippen LogP contribution in [0.2, 0.25) is 5.02 Å². The second kappa shape index (κ2) is 6.07. The summed E-state index contributed by atoms with van der Waals surface area (Å²) in [6, 6.07) is 6.50. The van der Waals surface area contributed by atoms with Crippen LogP contribution in [0.15, 0.2) is 36.7 Å². The minimum atomic E-state index is -0.570. The van der Waals surface area contributed by atoms with Crippen molar-refractivity contribution in [3.8, 4) is 5.69 Å². The van der Waals surface area contributed by atoms with Gasteiger partial charge in [0.25, 0.3) is 0 Å². The van der Waals surface area contributed by atoms with Crippen LogP contribution in [0.3, 0.4) is 0 Å². The standard InChI is InChI=1S/C14H17ClN4O/c1-9(2)12(16)14(20)18-11-6-3-5-10(15)13(11)19-8-4-7-17-19/h3-9,12H,16H2,1-2H3,(H,18,20)/t12-/m1/s1. The van der Waals surface area contributed by atoms with Crippen molar-refractivity contribution in [3.63, 3.8) is 0 Å². The Hall–Kier alpha value is -1.85. The summed E-state index contributed by atoms with van der Waals surface area (Å²) in [6.07, 6.45) is 3.41. The summed E-state index contributed by atoms with van der Waals surface area (Å²) in [7, 11) is 0. The van der Waals surface area contributed by atoms with E-state index >= 15 is 0 Å². The molecule has 1 aromatic heterocycles. The lowest BCUT2D eigenvalue weighted by atomic mass is 10.0. The third kappa shape index (κ3) is 3.00. The molecule has 0 spiro atoms. The molecule has 0 saturated heterocycles. The van der Waals surface area contributed by atoms with Gasteiger partial charge < -0.3 is 11.1 Å². The molecule has 0 radical (unpaired) electrons. The van der Waals surface area contributed by atoms with Gasteiger partial charge >= 0.3 is 0 Å². The SMILES string of the molecule is CC(C)[C@@H](N)C(=O)Nc1cccc(Cl)c1-n1cccn1. The molecule has 6 heteroatoms. The normalized spacial score (nSPS) is 12.4. The summed E-state index contributed by atoms with van der Waals surface area (Å²) >= 11 is 6.20. The van der Waals surface area contributed by atoms with E-state index in [9.17, 15) is 4.79 Å². The van der Waals surface area contributed by atoms with Crippen molar-refractivity contribution >= 4 is 23.2 Å². The zero-order valence-electron chi connectivity index (χ0n) is 11.4. The first-order chi connectivity index (χ1) is 9.50. The molecule has 106 valence electrons. The van der Waals surface area contributed by atoms with Gasteiger partial charge in [0.15, 0.2) is 0 Å². The number of anilines is 1. The molecule has 1 aromatic carbocycles. The fourth-order valence-electron chi connectivity index (χ4n) is 1.77. The fourth-order valence-corrected chi connectivity index (χ4v) is 2.03. The van der Waals surface area contributed by atoms with Gasteiger partial charge in [-0.25, -0.2) is 4.68 Å². The van der Waals surface area contributed by atoms with E-state index in [0.717, 1.165) is 0 Å². The molecule has 2 rings (SSSR count). The van der Waals surface area contributed by atoms with Crippen molar-refractivity contribution in [1.29, 1.82) is 0 Å². The maximum Gasteiger partial charge on any atom is 0.241 e. The second-order valence-corrected chi connectivity index (χ2v) is 5.25. The number of nitrogens with two attached hydrogens (primary N) is 1. The third-order valence-electron chi connectivity index (χ3n) is 3.00. The number of carbonyl (C=O) groups excluding carboxylic acids is 1. The summed E-state index contributed by atoms with van der Waals surface area (Å²) < 4.78 is 1.61. The largest absolute Gasteiger partial charge is 0.323 e. The summed E-state index contributed by atoms with van der Waals surface area (Å²) in [4.78, 5) is 12.1. The monoisotopic (exact) mass is 292 g/mol. The molecule has 0 saturated carbocycles. The van der Waals surface area contributed by atoms with Crippen LogP contribution in [-0.4, -0.2) is 21.7 Å². The molecule has 0 aliphatic carbocycles. The van der Waals surface area contributed by atoms with Crippen LogP contribution in [-0.2, 0) is 4.79 Å². The van der Waals surface area contributed by atoms with E-state index < -0.39 is 6.04 Å². The van der Waals surface area contributed by atoms with E-state index in [1.165, 1.54) is 0 Å². The maximum absolute atomic E-state index is 12.1. The summed E-state index contributed by atoms with van der Waals surface area (Å²) in [5, 5.41) is 7.46. The molecule has 0 fully saturated rings.